The van der Waals surface area contributed by atoms with Gasteiger partial charge in [-0.1, -0.05) is 65.0 Å². The van der Waals surface area contributed by atoms with Gasteiger partial charge in [0, 0.05) is 6.54 Å². The van der Waals surface area contributed by atoms with Crippen molar-refractivity contribution in [2.45, 2.75) is 53.2 Å². The van der Waals surface area contributed by atoms with Crippen molar-refractivity contribution in [2.75, 3.05) is 25.5 Å². The summed E-state index contributed by atoms with van der Waals surface area (Å²) in [6, 6.07) is 9.18. The van der Waals surface area contributed by atoms with Gasteiger partial charge < -0.3 is 21.1 Å². The van der Waals surface area contributed by atoms with Crippen molar-refractivity contribution in [3.8, 4) is 0 Å². The lowest BCUT2D eigenvalue weighted by Crippen LogP contribution is -2.51. The smallest absolute Gasteiger partial charge is 0.239 e. The first-order chi connectivity index (χ1) is 13.6. The quantitative estimate of drug-likeness (QED) is 0.408. The Hall–Kier alpha value is -1.63. The summed E-state index contributed by atoms with van der Waals surface area (Å²) in [5.41, 5.74) is 1.01. The van der Waals surface area contributed by atoms with Crippen molar-refractivity contribution >= 4 is 23.4 Å². The molecule has 2 unspecified atom stereocenters. The monoisotopic (exact) mass is 427 g/mol. The minimum atomic E-state index is -0.744. The molecule has 7 heteroatoms. The van der Waals surface area contributed by atoms with E-state index in [1.165, 1.54) is 0 Å². The van der Waals surface area contributed by atoms with E-state index in [1.807, 2.05) is 30.3 Å². The first-order valence-electron chi connectivity index (χ1n) is 10.2. The van der Waals surface area contributed by atoms with Crippen LogP contribution in [0, 0.1) is 11.8 Å². The average Bonchev–Trinajstić information content (AvgIpc) is 2.65. The molecule has 0 heterocycles. The summed E-state index contributed by atoms with van der Waals surface area (Å²) >= 11 is 5.39. The molecule has 0 fully saturated rings. The fourth-order valence-corrected chi connectivity index (χ4v) is 2.39. The molecule has 0 aliphatic carbocycles. The molecule has 6 nitrogen and oxygen atoms in total. The lowest BCUT2D eigenvalue weighted by atomic mass is 10.0. The summed E-state index contributed by atoms with van der Waals surface area (Å²) in [6.45, 7) is 11.7. The summed E-state index contributed by atoms with van der Waals surface area (Å²) < 4.78 is 0. The highest BCUT2D eigenvalue weighted by Crippen LogP contribution is 2.06. The van der Waals surface area contributed by atoms with Crippen molar-refractivity contribution in [1.82, 2.24) is 16.0 Å². The van der Waals surface area contributed by atoms with E-state index in [2.05, 4.69) is 50.6 Å². The van der Waals surface area contributed by atoms with E-state index in [1.54, 1.807) is 0 Å². The molecule has 0 aromatic heterocycles. The van der Waals surface area contributed by atoms with Gasteiger partial charge in [-0.15, -0.1) is 11.6 Å². The standard InChI is InChI=1S/C18H28ClN3O3.C4H10/c1-13(2)10-20-11-16(23)15(8-14-6-4-3-5-7-14)22-18(25)12-21-17(24)9-19;1-4(2)3/h3-7,13,15-16,20,23H,8-12H2,1-2H3,(H,21,24)(H,22,25);4H,1-3H3. The van der Waals surface area contributed by atoms with Gasteiger partial charge >= 0.3 is 0 Å². The van der Waals surface area contributed by atoms with Gasteiger partial charge in [-0.05, 0) is 30.4 Å². The second-order valence-corrected chi connectivity index (χ2v) is 8.39. The number of nitrogens with one attached hydrogen (secondary N) is 3. The predicted molar refractivity (Wildman–Crippen MR) is 120 cm³/mol. The van der Waals surface area contributed by atoms with E-state index in [0.717, 1.165) is 18.0 Å². The third-order valence-electron chi connectivity index (χ3n) is 3.58. The zero-order chi connectivity index (χ0) is 22.2. The van der Waals surface area contributed by atoms with Gasteiger partial charge in [0.1, 0.15) is 5.88 Å². The van der Waals surface area contributed by atoms with Gasteiger partial charge in [0.25, 0.3) is 0 Å². The maximum absolute atomic E-state index is 12.1. The molecule has 4 N–H and O–H groups in total. The maximum atomic E-state index is 12.1. The number of amides is 2. The molecule has 0 aliphatic heterocycles. The fourth-order valence-electron chi connectivity index (χ4n) is 2.30. The van der Waals surface area contributed by atoms with Crippen molar-refractivity contribution in [1.29, 1.82) is 0 Å². The van der Waals surface area contributed by atoms with Crippen molar-refractivity contribution < 1.29 is 14.7 Å². The Kier molecular flexibility index (Phi) is 15.3. The van der Waals surface area contributed by atoms with Crippen LogP contribution in [0.5, 0.6) is 0 Å². The normalized spacial score (nSPS) is 12.7. The van der Waals surface area contributed by atoms with Gasteiger partial charge in [-0.3, -0.25) is 9.59 Å². The van der Waals surface area contributed by atoms with E-state index in [0.29, 0.717) is 18.9 Å². The molecule has 166 valence electrons. The molecule has 0 bridgehead atoms. The number of hydrogen-bond donors (Lipinski definition) is 4. The molecule has 0 saturated heterocycles. The number of aliphatic hydroxyl groups is 1. The van der Waals surface area contributed by atoms with Crippen LogP contribution in [-0.2, 0) is 16.0 Å². The third-order valence-corrected chi connectivity index (χ3v) is 3.83. The minimum Gasteiger partial charge on any atom is -0.390 e. The second kappa shape index (κ2) is 16.2. The molecule has 0 aliphatic rings. The van der Waals surface area contributed by atoms with Crippen molar-refractivity contribution in [2.24, 2.45) is 11.8 Å². The fraction of sp³-hybridized carbons (Fsp3) is 0.636. The Balaban J connectivity index is 0.00000178. The largest absolute Gasteiger partial charge is 0.390 e. The van der Waals surface area contributed by atoms with Gasteiger partial charge in [0.05, 0.1) is 18.7 Å². The number of benzene rings is 1. The molecule has 1 rings (SSSR count). The number of halogens is 1. The predicted octanol–water partition coefficient (Wildman–Crippen LogP) is 2.34. The SMILES string of the molecule is CC(C)C.CC(C)CNCC(O)C(Cc1ccccc1)NC(=O)CNC(=O)CCl. The van der Waals surface area contributed by atoms with Crippen LogP contribution in [0.3, 0.4) is 0 Å². The van der Waals surface area contributed by atoms with Gasteiger partial charge in [0.2, 0.25) is 11.8 Å². The van der Waals surface area contributed by atoms with E-state index in [-0.39, 0.29) is 18.3 Å². The molecule has 2 atom stereocenters. The van der Waals surface area contributed by atoms with Crippen LogP contribution in [0.2, 0.25) is 0 Å². The lowest BCUT2D eigenvalue weighted by Gasteiger charge is -2.25. The Labute approximate surface area is 180 Å². The van der Waals surface area contributed by atoms with Crippen LogP contribution in [0.1, 0.15) is 40.2 Å². The van der Waals surface area contributed by atoms with E-state index in [9.17, 15) is 14.7 Å². The number of carbonyl (C=O) groups is 2. The maximum Gasteiger partial charge on any atom is 0.239 e. The van der Waals surface area contributed by atoms with Gasteiger partial charge in [-0.2, -0.15) is 0 Å². The second-order valence-electron chi connectivity index (χ2n) is 8.13. The van der Waals surface area contributed by atoms with Crippen LogP contribution in [0.15, 0.2) is 30.3 Å². The lowest BCUT2D eigenvalue weighted by molar-refractivity contribution is -0.125. The number of rotatable bonds is 11. The molecule has 1 aromatic carbocycles. The van der Waals surface area contributed by atoms with E-state index in [4.69, 9.17) is 11.6 Å². The van der Waals surface area contributed by atoms with Crippen LogP contribution in [-0.4, -0.2) is 54.6 Å². The average molecular weight is 428 g/mol. The molecule has 0 saturated carbocycles. The Morgan fingerprint density at radius 1 is 1.00 bits per heavy atom. The first kappa shape index (κ1) is 27.4. The summed E-state index contributed by atoms with van der Waals surface area (Å²) in [6.07, 6.45) is -0.243. The van der Waals surface area contributed by atoms with Crippen LogP contribution in [0.4, 0.5) is 0 Å². The molecule has 0 radical (unpaired) electrons. The molecule has 0 spiro atoms. The number of alkyl halides is 1. The van der Waals surface area contributed by atoms with Crippen LogP contribution >= 0.6 is 11.6 Å². The number of aliphatic hydroxyl groups excluding tert-OH is 1. The topological polar surface area (TPSA) is 90.5 Å². The van der Waals surface area contributed by atoms with Crippen LogP contribution < -0.4 is 16.0 Å². The molecule has 1 aromatic rings. The zero-order valence-electron chi connectivity index (χ0n) is 18.4. The minimum absolute atomic E-state index is 0.164. The molecular weight excluding hydrogens is 390 g/mol. The number of hydrogen-bond acceptors (Lipinski definition) is 4. The third kappa shape index (κ3) is 15.9. The Bertz CT molecular complexity index is 565. The Morgan fingerprint density at radius 2 is 1.59 bits per heavy atom. The van der Waals surface area contributed by atoms with Crippen LogP contribution in [0.25, 0.3) is 0 Å². The number of carbonyl (C=O) groups excluding carboxylic acids is 2. The summed E-state index contributed by atoms with van der Waals surface area (Å²) in [5.74, 6) is 0.348. The van der Waals surface area contributed by atoms with Crippen molar-refractivity contribution in [3.05, 3.63) is 35.9 Å². The highest BCUT2D eigenvalue weighted by Gasteiger charge is 2.21. The van der Waals surface area contributed by atoms with Gasteiger partial charge in [-0.25, -0.2) is 0 Å². The Morgan fingerprint density at radius 3 is 2.10 bits per heavy atom. The van der Waals surface area contributed by atoms with Crippen molar-refractivity contribution in [3.63, 3.8) is 0 Å². The zero-order valence-corrected chi connectivity index (χ0v) is 19.1. The van der Waals surface area contributed by atoms with E-state index < -0.39 is 18.1 Å². The summed E-state index contributed by atoms with van der Waals surface area (Å²) in [4.78, 5) is 23.2. The summed E-state index contributed by atoms with van der Waals surface area (Å²) in [7, 11) is 0. The molecular formula is C22H38ClN3O3. The molecule has 29 heavy (non-hydrogen) atoms. The molecule has 2 amide bonds. The highest BCUT2D eigenvalue weighted by atomic mass is 35.5. The summed E-state index contributed by atoms with van der Waals surface area (Å²) in [5, 5.41) is 18.9. The first-order valence-corrected chi connectivity index (χ1v) is 10.7. The highest BCUT2D eigenvalue weighted by molar-refractivity contribution is 6.27. The van der Waals surface area contributed by atoms with E-state index >= 15 is 0 Å². The van der Waals surface area contributed by atoms with Gasteiger partial charge in [0.15, 0.2) is 0 Å².